The lowest BCUT2D eigenvalue weighted by atomic mass is 9.98. The summed E-state index contributed by atoms with van der Waals surface area (Å²) in [5, 5.41) is 7.51. The summed E-state index contributed by atoms with van der Waals surface area (Å²) >= 11 is 0. The van der Waals surface area contributed by atoms with Crippen LogP contribution in [0.4, 0.5) is 9.59 Å². The Hall–Kier alpha value is -7.47. The quantitative estimate of drug-likeness (QED) is 0.0948. The van der Waals surface area contributed by atoms with Crippen LogP contribution in [0.2, 0.25) is 0 Å². The average Bonchev–Trinajstić information content (AvgIpc) is 4.16. The zero-order valence-electron chi connectivity index (χ0n) is 35.5. The topological polar surface area (TPSA) is 179 Å². The van der Waals surface area contributed by atoms with E-state index in [-0.39, 0.29) is 30.3 Å². The van der Waals surface area contributed by atoms with E-state index in [1.807, 2.05) is 38.2 Å². The molecule has 4 heterocycles. The fourth-order valence-corrected chi connectivity index (χ4v) is 8.62. The Morgan fingerprint density at radius 1 is 0.730 bits per heavy atom. The smallest absolute Gasteiger partial charge is 0.407 e. The van der Waals surface area contributed by atoms with Gasteiger partial charge in [0, 0.05) is 12.1 Å². The number of likely N-dealkylation sites (tertiary alicyclic amines) is 2. The lowest BCUT2D eigenvalue weighted by Crippen LogP contribution is -2.51. The number of methoxy groups -OCH3 is 2. The summed E-state index contributed by atoms with van der Waals surface area (Å²) in [6.45, 7) is 12.3. The van der Waals surface area contributed by atoms with Crippen LogP contribution >= 0.6 is 0 Å². The molecule has 322 valence electrons. The molecule has 2 aliphatic heterocycles. The summed E-state index contributed by atoms with van der Waals surface area (Å²) < 4.78 is 9.60. The second kappa shape index (κ2) is 18.3. The predicted molar refractivity (Wildman–Crippen MR) is 237 cm³/mol. The van der Waals surface area contributed by atoms with Gasteiger partial charge in [0.25, 0.3) is 5.91 Å². The number of benzene rings is 4. The maximum atomic E-state index is 14.1. The van der Waals surface area contributed by atoms with Gasteiger partial charge in [-0.25, -0.2) is 26.1 Å². The molecule has 0 saturated carbocycles. The summed E-state index contributed by atoms with van der Waals surface area (Å²) in [5.41, 5.74) is 6.22. The Kier molecular flexibility index (Phi) is 12.2. The van der Waals surface area contributed by atoms with Crippen LogP contribution in [0.15, 0.2) is 103 Å². The van der Waals surface area contributed by atoms with Gasteiger partial charge in [-0.05, 0) is 63.9 Å². The Morgan fingerprint density at radius 2 is 1.32 bits per heavy atom. The van der Waals surface area contributed by atoms with Crippen molar-refractivity contribution in [2.75, 3.05) is 27.3 Å². The van der Waals surface area contributed by atoms with Crippen molar-refractivity contribution in [3.8, 4) is 33.6 Å². The number of fused-ring (bicyclic) bond motifs is 1. The van der Waals surface area contributed by atoms with E-state index in [1.54, 1.807) is 40.3 Å². The normalized spacial score (nSPS) is 18.2. The molecule has 5 atom stereocenters. The molecule has 2 aliphatic rings. The van der Waals surface area contributed by atoms with Crippen LogP contribution in [0, 0.1) is 12.5 Å². The number of hydrogen-bond acceptors (Lipinski definition) is 8. The van der Waals surface area contributed by atoms with Crippen LogP contribution in [0.5, 0.6) is 0 Å². The number of amides is 4. The minimum absolute atomic E-state index is 0.116. The highest BCUT2D eigenvalue weighted by Gasteiger charge is 2.44. The molecule has 2 saturated heterocycles. The first-order valence-corrected chi connectivity index (χ1v) is 21.0. The fraction of sp³-hybridized carbons (Fsp3) is 0.312. The predicted octanol–water partition coefficient (Wildman–Crippen LogP) is 7.99. The summed E-state index contributed by atoms with van der Waals surface area (Å²) in [6.07, 6.45) is 4.21. The molecular weight excluding hydrogens is 799 g/mol. The van der Waals surface area contributed by atoms with Crippen molar-refractivity contribution in [3.63, 3.8) is 0 Å². The van der Waals surface area contributed by atoms with Crippen LogP contribution in [0.3, 0.4) is 0 Å². The third-order valence-corrected chi connectivity index (χ3v) is 12.0. The second-order valence-electron chi connectivity index (χ2n) is 16.3. The van der Waals surface area contributed by atoms with Gasteiger partial charge in [0.1, 0.15) is 23.7 Å². The number of ether oxygens (including phenoxy) is 2. The number of rotatable bonds is 11. The van der Waals surface area contributed by atoms with E-state index in [2.05, 4.69) is 79.0 Å². The standard InChI is InChI=1S/C48H49N9O6/c1-28(2)41(54-47(60)62-4)45(58)56-21-9-12-39(56)43-50-26-38(53-43)35-20-19-33-22-32(17-18-34(33)23-35)29-13-15-30(16-14-29)37-25-51-44(52-37)40-24-36(49-3)27-57(40)46(59)42(55-48(61)63-5)31-10-7-6-8-11-31/h6-8,10-11,13-20,22-23,25-26,28,36,39-42H,9,12,21,24,27H2,1-2,4-5H3,(H,50,53)(H,51,52)(H,54,60)(H,55,61)/t36-,39+,40+,41+,42-/m1/s1. The maximum Gasteiger partial charge on any atom is 0.407 e. The number of hydrogen-bond donors (Lipinski definition) is 4. The number of aromatic amines is 2. The van der Waals surface area contributed by atoms with E-state index in [1.165, 1.54) is 14.2 Å². The van der Waals surface area contributed by atoms with E-state index >= 15 is 0 Å². The summed E-state index contributed by atoms with van der Waals surface area (Å²) in [7, 11) is 2.54. The number of aromatic nitrogens is 4. The largest absolute Gasteiger partial charge is 0.453 e. The monoisotopic (exact) mass is 847 g/mol. The summed E-state index contributed by atoms with van der Waals surface area (Å²) in [4.78, 5) is 75.4. The zero-order chi connectivity index (χ0) is 44.2. The van der Waals surface area contributed by atoms with E-state index in [0.29, 0.717) is 30.2 Å². The molecule has 0 spiro atoms. The van der Waals surface area contributed by atoms with E-state index in [9.17, 15) is 19.2 Å². The van der Waals surface area contributed by atoms with Crippen molar-refractivity contribution in [1.29, 1.82) is 0 Å². The van der Waals surface area contributed by atoms with Crippen molar-refractivity contribution in [3.05, 3.63) is 132 Å². The lowest BCUT2D eigenvalue weighted by Gasteiger charge is -2.30. The number of nitrogens with zero attached hydrogens (tertiary/aromatic N) is 5. The maximum absolute atomic E-state index is 14.1. The summed E-state index contributed by atoms with van der Waals surface area (Å²) in [5.74, 6) is 0.675. The van der Waals surface area contributed by atoms with E-state index < -0.39 is 36.4 Å². The molecule has 0 radical (unpaired) electrons. The summed E-state index contributed by atoms with van der Waals surface area (Å²) in [6, 6.07) is 27.0. The van der Waals surface area contributed by atoms with Crippen molar-refractivity contribution in [1.82, 2.24) is 40.4 Å². The number of imidazole rings is 2. The highest BCUT2D eigenvalue weighted by molar-refractivity contribution is 5.91. The molecule has 15 nitrogen and oxygen atoms in total. The molecule has 4 amide bonds. The van der Waals surface area contributed by atoms with Crippen molar-refractivity contribution < 1.29 is 28.7 Å². The minimum atomic E-state index is -0.995. The lowest BCUT2D eigenvalue weighted by molar-refractivity contribution is -0.135. The van der Waals surface area contributed by atoms with Gasteiger partial charge in [-0.15, -0.1) is 0 Å². The molecule has 4 N–H and O–H groups in total. The third-order valence-electron chi connectivity index (χ3n) is 12.0. The first kappa shape index (κ1) is 42.2. The van der Waals surface area contributed by atoms with E-state index in [4.69, 9.17) is 21.0 Å². The number of nitrogens with one attached hydrogen (secondary N) is 4. The van der Waals surface area contributed by atoms with Gasteiger partial charge in [0.2, 0.25) is 11.9 Å². The number of H-pyrrole nitrogens is 2. The molecule has 15 heteroatoms. The molecule has 4 aromatic carbocycles. The van der Waals surface area contributed by atoms with Gasteiger partial charge in [0.15, 0.2) is 0 Å². The first-order valence-electron chi connectivity index (χ1n) is 21.0. The van der Waals surface area contributed by atoms with Crippen LogP contribution in [0.1, 0.15) is 68.4 Å². The first-order chi connectivity index (χ1) is 30.5. The van der Waals surface area contributed by atoms with Crippen LogP contribution in [-0.2, 0) is 19.1 Å². The van der Waals surface area contributed by atoms with Crippen LogP contribution in [0.25, 0.3) is 49.3 Å². The molecule has 8 rings (SSSR count). The zero-order valence-corrected chi connectivity index (χ0v) is 35.5. The van der Waals surface area contributed by atoms with Crippen molar-refractivity contribution in [2.24, 2.45) is 5.92 Å². The van der Waals surface area contributed by atoms with Gasteiger partial charge in [-0.3, -0.25) is 9.59 Å². The van der Waals surface area contributed by atoms with Gasteiger partial charge in [-0.1, -0.05) is 92.7 Å². The minimum Gasteiger partial charge on any atom is -0.453 e. The average molecular weight is 848 g/mol. The van der Waals surface area contributed by atoms with E-state index in [0.717, 1.165) is 57.3 Å². The SMILES string of the molecule is [C-]#[N+][C@@H]1C[C@@H](c2ncc(-c3ccc(-c4ccc5cc(-c6cnc([C@@H]7CCCN7C(=O)[C@@H](NC(=O)OC)C(C)C)[nH]6)ccc5c4)cc3)[nH]2)N(C(=O)[C@H](NC(=O)OC)c2ccccc2)C1. The Bertz CT molecular complexity index is 2670. The molecular formula is C48H49N9O6. The molecule has 2 fully saturated rings. The van der Waals surface area contributed by atoms with Gasteiger partial charge >= 0.3 is 12.2 Å². The van der Waals surface area contributed by atoms with Gasteiger partial charge in [-0.2, -0.15) is 0 Å². The highest BCUT2D eigenvalue weighted by atomic mass is 16.5. The van der Waals surface area contributed by atoms with Gasteiger partial charge in [0.05, 0.1) is 63.1 Å². The number of carbonyl (C=O) groups excluding carboxylic acids is 4. The molecule has 2 aromatic heterocycles. The molecule has 63 heavy (non-hydrogen) atoms. The Balaban J connectivity index is 0.958. The number of alkyl carbamates (subject to hydrolysis) is 2. The molecule has 6 aromatic rings. The second-order valence-corrected chi connectivity index (χ2v) is 16.3. The Labute approximate surface area is 365 Å². The highest BCUT2D eigenvalue weighted by Crippen LogP contribution is 2.37. The van der Waals surface area contributed by atoms with Crippen LogP contribution in [-0.4, -0.2) is 93.1 Å². The third kappa shape index (κ3) is 8.83. The van der Waals surface area contributed by atoms with Crippen molar-refractivity contribution in [2.45, 2.75) is 63.3 Å². The molecule has 0 unspecified atom stereocenters. The molecule has 0 aliphatic carbocycles. The van der Waals surface area contributed by atoms with Crippen molar-refractivity contribution >= 4 is 34.8 Å². The van der Waals surface area contributed by atoms with Crippen LogP contribution < -0.4 is 10.6 Å². The number of carbonyl (C=O) groups is 4. The Morgan fingerprint density at radius 3 is 1.97 bits per heavy atom. The molecule has 0 bridgehead atoms. The van der Waals surface area contributed by atoms with Gasteiger partial charge < -0.3 is 44.7 Å². The fourth-order valence-electron chi connectivity index (χ4n) is 8.62.